The fraction of sp³-hybridized carbons (Fsp3) is 0.615. The van der Waals surface area contributed by atoms with E-state index in [0.717, 1.165) is 31.9 Å². The van der Waals surface area contributed by atoms with Crippen molar-refractivity contribution in [1.29, 1.82) is 0 Å². The Morgan fingerprint density at radius 1 is 1.44 bits per heavy atom. The Morgan fingerprint density at radius 2 is 2.33 bits per heavy atom. The molecule has 0 bridgehead atoms. The summed E-state index contributed by atoms with van der Waals surface area (Å²) < 4.78 is 5.30. The number of carbonyl (C=O) groups is 1. The summed E-state index contributed by atoms with van der Waals surface area (Å²) in [6.45, 7) is 5.19. The third kappa shape index (κ3) is 2.28. The lowest BCUT2D eigenvalue weighted by Gasteiger charge is -2.37. The number of hydrogen-bond acceptors (Lipinski definition) is 4. The fourth-order valence-corrected chi connectivity index (χ4v) is 3.00. The first-order valence-electron chi connectivity index (χ1n) is 6.49. The Bertz CT molecular complexity index is 443. The third-order valence-electron chi connectivity index (χ3n) is 3.95. The third-order valence-corrected chi connectivity index (χ3v) is 3.95. The Kier molecular flexibility index (Phi) is 3.09. The molecule has 0 spiro atoms. The second-order valence-electron chi connectivity index (χ2n) is 5.17. The SMILES string of the molecule is O=C(O)c1coc(CN2CCN3CCCC3C2)c1. The number of rotatable bonds is 3. The molecule has 98 valence electrons. The van der Waals surface area contributed by atoms with Gasteiger partial charge in [0.1, 0.15) is 12.0 Å². The van der Waals surface area contributed by atoms with Gasteiger partial charge < -0.3 is 9.52 Å². The maximum atomic E-state index is 10.8. The van der Waals surface area contributed by atoms with Crippen molar-refractivity contribution in [3.63, 3.8) is 0 Å². The summed E-state index contributed by atoms with van der Waals surface area (Å²) in [5, 5.41) is 8.85. The van der Waals surface area contributed by atoms with E-state index in [1.165, 1.54) is 25.6 Å². The molecule has 2 saturated heterocycles. The highest BCUT2D eigenvalue weighted by Crippen LogP contribution is 2.22. The summed E-state index contributed by atoms with van der Waals surface area (Å²) in [7, 11) is 0. The van der Waals surface area contributed by atoms with E-state index >= 15 is 0 Å². The molecule has 1 aromatic rings. The van der Waals surface area contributed by atoms with E-state index in [9.17, 15) is 4.79 Å². The zero-order chi connectivity index (χ0) is 12.5. The van der Waals surface area contributed by atoms with Crippen molar-refractivity contribution in [3.05, 3.63) is 23.7 Å². The van der Waals surface area contributed by atoms with Crippen LogP contribution >= 0.6 is 0 Å². The summed E-state index contributed by atoms with van der Waals surface area (Å²) in [5.74, 6) is -0.176. The number of carboxylic acids is 1. The average molecular weight is 250 g/mol. The first kappa shape index (κ1) is 11.7. The van der Waals surface area contributed by atoms with Gasteiger partial charge in [0.25, 0.3) is 0 Å². The molecule has 5 nitrogen and oxygen atoms in total. The zero-order valence-corrected chi connectivity index (χ0v) is 10.3. The number of nitrogens with zero attached hydrogens (tertiary/aromatic N) is 2. The quantitative estimate of drug-likeness (QED) is 0.875. The predicted octanol–water partition coefficient (Wildman–Crippen LogP) is 1.26. The van der Waals surface area contributed by atoms with Crippen LogP contribution in [0.25, 0.3) is 0 Å². The maximum Gasteiger partial charge on any atom is 0.338 e. The van der Waals surface area contributed by atoms with Crippen molar-refractivity contribution in [3.8, 4) is 0 Å². The Morgan fingerprint density at radius 3 is 3.11 bits per heavy atom. The second-order valence-corrected chi connectivity index (χ2v) is 5.17. The van der Waals surface area contributed by atoms with Gasteiger partial charge in [-0.05, 0) is 25.5 Å². The maximum absolute atomic E-state index is 10.8. The Labute approximate surface area is 106 Å². The lowest BCUT2D eigenvalue weighted by molar-refractivity contribution is 0.0696. The lowest BCUT2D eigenvalue weighted by Crippen LogP contribution is -2.49. The molecule has 2 aliphatic heterocycles. The molecule has 3 rings (SSSR count). The topological polar surface area (TPSA) is 56.9 Å². The van der Waals surface area contributed by atoms with Crippen LogP contribution in [0.15, 0.2) is 16.7 Å². The van der Waals surface area contributed by atoms with Crippen molar-refractivity contribution in [2.24, 2.45) is 0 Å². The van der Waals surface area contributed by atoms with Crippen molar-refractivity contribution in [2.75, 3.05) is 26.2 Å². The van der Waals surface area contributed by atoms with Gasteiger partial charge in [-0.3, -0.25) is 9.80 Å². The molecule has 0 amide bonds. The highest BCUT2D eigenvalue weighted by Gasteiger charge is 2.30. The molecule has 18 heavy (non-hydrogen) atoms. The number of aromatic carboxylic acids is 1. The van der Waals surface area contributed by atoms with Crippen LogP contribution in [0.1, 0.15) is 29.0 Å². The lowest BCUT2D eigenvalue weighted by atomic mass is 10.1. The van der Waals surface area contributed by atoms with Gasteiger partial charge in [0.15, 0.2) is 0 Å². The van der Waals surface area contributed by atoms with Gasteiger partial charge in [-0.2, -0.15) is 0 Å². The predicted molar refractivity (Wildman–Crippen MR) is 65.5 cm³/mol. The van der Waals surface area contributed by atoms with Gasteiger partial charge in [-0.1, -0.05) is 0 Å². The van der Waals surface area contributed by atoms with Crippen molar-refractivity contribution >= 4 is 5.97 Å². The van der Waals surface area contributed by atoms with Crippen molar-refractivity contribution < 1.29 is 14.3 Å². The van der Waals surface area contributed by atoms with Gasteiger partial charge in [-0.15, -0.1) is 0 Å². The highest BCUT2D eigenvalue weighted by molar-refractivity contribution is 5.87. The molecule has 1 atom stereocenters. The van der Waals surface area contributed by atoms with E-state index in [0.29, 0.717) is 6.04 Å². The molecule has 0 saturated carbocycles. The van der Waals surface area contributed by atoms with Crippen LogP contribution in [0.5, 0.6) is 0 Å². The minimum atomic E-state index is -0.925. The van der Waals surface area contributed by atoms with Gasteiger partial charge in [0, 0.05) is 25.7 Å². The van der Waals surface area contributed by atoms with E-state index < -0.39 is 5.97 Å². The van der Waals surface area contributed by atoms with E-state index in [2.05, 4.69) is 9.80 Å². The summed E-state index contributed by atoms with van der Waals surface area (Å²) in [4.78, 5) is 15.7. The van der Waals surface area contributed by atoms with E-state index in [-0.39, 0.29) is 5.56 Å². The van der Waals surface area contributed by atoms with Crippen LogP contribution in [0.2, 0.25) is 0 Å². The number of hydrogen-bond donors (Lipinski definition) is 1. The molecule has 1 N–H and O–H groups in total. The van der Waals surface area contributed by atoms with Gasteiger partial charge >= 0.3 is 5.97 Å². The van der Waals surface area contributed by atoms with Crippen LogP contribution in [-0.2, 0) is 6.54 Å². The zero-order valence-electron chi connectivity index (χ0n) is 10.3. The van der Waals surface area contributed by atoms with Crippen molar-refractivity contribution in [2.45, 2.75) is 25.4 Å². The molecular formula is C13H18N2O3. The van der Waals surface area contributed by atoms with E-state index in [4.69, 9.17) is 9.52 Å². The smallest absolute Gasteiger partial charge is 0.338 e. The van der Waals surface area contributed by atoms with E-state index in [1.807, 2.05) is 0 Å². The van der Waals surface area contributed by atoms with Gasteiger partial charge in [0.2, 0.25) is 0 Å². The normalized spacial score (nSPS) is 25.2. The molecule has 1 aromatic heterocycles. The highest BCUT2D eigenvalue weighted by atomic mass is 16.4. The first-order chi connectivity index (χ1) is 8.72. The Hall–Kier alpha value is -1.33. The number of piperazine rings is 1. The van der Waals surface area contributed by atoms with Crippen molar-refractivity contribution in [1.82, 2.24) is 9.80 Å². The average Bonchev–Trinajstić information content (AvgIpc) is 2.96. The molecule has 0 radical (unpaired) electrons. The molecule has 3 heterocycles. The monoisotopic (exact) mass is 250 g/mol. The molecule has 2 aliphatic rings. The fourth-order valence-electron chi connectivity index (χ4n) is 3.00. The van der Waals surface area contributed by atoms with Crippen LogP contribution in [0.3, 0.4) is 0 Å². The molecule has 1 unspecified atom stereocenters. The van der Waals surface area contributed by atoms with Crippen LogP contribution in [-0.4, -0.2) is 53.1 Å². The summed E-state index contributed by atoms with van der Waals surface area (Å²) in [6, 6.07) is 2.32. The van der Waals surface area contributed by atoms with Crippen LogP contribution in [0, 0.1) is 0 Å². The largest absolute Gasteiger partial charge is 0.478 e. The van der Waals surface area contributed by atoms with Crippen LogP contribution < -0.4 is 0 Å². The standard InChI is InChI=1S/C13H18N2O3/c16-13(17)10-6-12(18-9-10)8-14-4-5-15-3-1-2-11(15)7-14/h6,9,11H,1-5,7-8H2,(H,16,17). The molecule has 2 fully saturated rings. The van der Waals surface area contributed by atoms with Gasteiger partial charge in [0.05, 0.1) is 12.1 Å². The summed E-state index contributed by atoms with van der Waals surface area (Å²) in [5.41, 5.74) is 0.240. The summed E-state index contributed by atoms with van der Waals surface area (Å²) >= 11 is 0. The molecule has 0 aromatic carbocycles. The minimum Gasteiger partial charge on any atom is -0.478 e. The molecule has 5 heteroatoms. The number of fused-ring (bicyclic) bond motifs is 1. The second kappa shape index (κ2) is 4.74. The van der Waals surface area contributed by atoms with Crippen LogP contribution in [0.4, 0.5) is 0 Å². The first-order valence-corrected chi connectivity index (χ1v) is 6.49. The minimum absolute atomic E-state index is 0.240. The number of furan rings is 1. The van der Waals surface area contributed by atoms with Gasteiger partial charge in [-0.25, -0.2) is 4.79 Å². The summed E-state index contributed by atoms with van der Waals surface area (Å²) in [6.07, 6.45) is 3.92. The Balaban J connectivity index is 1.60. The molecular weight excluding hydrogens is 232 g/mol. The molecule has 0 aliphatic carbocycles. The van der Waals surface area contributed by atoms with E-state index in [1.54, 1.807) is 6.07 Å². The number of carboxylic acid groups (broad SMARTS) is 1.